The summed E-state index contributed by atoms with van der Waals surface area (Å²) in [6.07, 6.45) is 3.31. The van der Waals surface area contributed by atoms with Crippen LogP contribution in [0.5, 0.6) is 17.2 Å². The Hall–Kier alpha value is -3.55. The first-order chi connectivity index (χ1) is 13.5. The van der Waals surface area contributed by atoms with Crippen molar-refractivity contribution in [2.75, 3.05) is 28.4 Å². The first kappa shape index (κ1) is 19.2. The van der Waals surface area contributed by atoms with Crippen LogP contribution in [-0.2, 0) is 9.53 Å². The molecule has 8 nitrogen and oxygen atoms in total. The number of fused-ring (bicyclic) bond motifs is 1. The molecule has 3 aromatic rings. The number of hydrogen-bond acceptors (Lipinski definition) is 7. The van der Waals surface area contributed by atoms with E-state index in [9.17, 15) is 4.79 Å². The third-order valence-electron chi connectivity index (χ3n) is 4.17. The quantitative estimate of drug-likeness (QED) is 0.478. The Bertz CT molecular complexity index is 1030. The van der Waals surface area contributed by atoms with Crippen molar-refractivity contribution in [2.45, 2.75) is 6.92 Å². The second kappa shape index (κ2) is 7.99. The number of carbonyl (C=O) groups is 1. The average molecular weight is 383 g/mol. The highest BCUT2D eigenvalue weighted by molar-refractivity contribution is 6.21. The van der Waals surface area contributed by atoms with Gasteiger partial charge in [0.05, 0.1) is 45.9 Å². The number of aromatic nitrogens is 3. The van der Waals surface area contributed by atoms with E-state index in [1.54, 1.807) is 41.1 Å². The van der Waals surface area contributed by atoms with Crippen molar-refractivity contribution in [3.63, 3.8) is 0 Å². The Morgan fingerprint density at radius 1 is 1.04 bits per heavy atom. The highest BCUT2D eigenvalue weighted by Crippen LogP contribution is 2.39. The third-order valence-corrected chi connectivity index (χ3v) is 4.17. The normalized spacial score (nSPS) is 11.4. The zero-order chi connectivity index (χ0) is 20.3. The van der Waals surface area contributed by atoms with Gasteiger partial charge in [-0.2, -0.15) is 5.10 Å². The van der Waals surface area contributed by atoms with Gasteiger partial charge in [-0.25, -0.2) is 14.3 Å². The summed E-state index contributed by atoms with van der Waals surface area (Å²) in [6, 6.07) is 7.04. The smallest absolute Gasteiger partial charge is 0.340 e. The summed E-state index contributed by atoms with van der Waals surface area (Å²) in [5.41, 5.74) is 2.94. The van der Waals surface area contributed by atoms with Gasteiger partial charge >= 0.3 is 5.97 Å². The van der Waals surface area contributed by atoms with Gasteiger partial charge < -0.3 is 18.9 Å². The van der Waals surface area contributed by atoms with Crippen LogP contribution < -0.4 is 14.2 Å². The maximum absolute atomic E-state index is 12.6. The van der Waals surface area contributed by atoms with Crippen molar-refractivity contribution >= 4 is 23.3 Å². The van der Waals surface area contributed by atoms with Crippen LogP contribution in [0.3, 0.4) is 0 Å². The molecule has 0 spiro atoms. The maximum Gasteiger partial charge on any atom is 0.340 e. The molecule has 0 amide bonds. The number of ether oxygens (including phenoxy) is 4. The zero-order valence-electron chi connectivity index (χ0n) is 16.3. The standard InChI is InChI=1S/C20H21N3O5/c1-12-8-15(23-18(22-12)6-7-21-23)14(20(24)28-5)9-13-10-16(25-2)19(27-4)17(11-13)26-3/h6-11H,1-5H3/b14-9+. The number of esters is 1. The van der Waals surface area contributed by atoms with Crippen LogP contribution in [-0.4, -0.2) is 49.0 Å². The second-order valence-electron chi connectivity index (χ2n) is 5.89. The summed E-state index contributed by atoms with van der Waals surface area (Å²) in [5.74, 6) is 0.923. The van der Waals surface area contributed by atoms with E-state index in [1.807, 2.05) is 6.92 Å². The molecule has 8 heteroatoms. The van der Waals surface area contributed by atoms with Crippen LogP contribution in [0, 0.1) is 6.92 Å². The lowest BCUT2D eigenvalue weighted by atomic mass is 10.1. The summed E-state index contributed by atoms with van der Waals surface area (Å²) in [7, 11) is 5.93. The Morgan fingerprint density at radius 2 is 1.71 bits per heavy atom. The Balaban J connectivity index is 2.24. The van der Waals surface area contributed by atoms with Crippen LogP contribution in [0.15, 0.2) is 30.5 Å². The van der Waals surface area contributed by atoms with Gasteiger partial charge in [-0.1, -0.05) is 0 Å². The number of aryl methyl sites for hydroxylation is 1. The number of nitrogens with zero attached hydrogens (tertiary/aromatic N) is 3. The van der Waals surface area contributed by atoms with Gasteiger partial charge in [0.25, 0.3) is 0 Å². The number of benzene rings is 1. The minimum absolute atomic E-state index is 0.316. The van der Waals surface area contributed by atoms with E-state index in [0.717, 1.165) is 5.69 Å². The topological polar surface area (TPSA) is 84.2 Å². The molecule has 2 aromatic heterocycles. The predicted octanol–water partition coefficient (Wildman–Crippen LogP) is 2.78. The minimum Gasteiger partial charge on any atom is -0.493 e. The largest absolute Gasteiger partial charge is 0.493 e. The van der Waals surface area contributed by atoms with Crippen LogP contribution in [0.25, 0.3) is 17.3 Å². The predicted molar refractivity (Wildman–Crippen MR) is 104 cm³/mol. The lowest BCUT2D eigenvalue weighted by Gasteiger charge is -2.14. The van der Waals surface area contributed by atoms with Crippen molar-refractivity contribution in [2.24, 2.45) is 0 Å². The lowest BCUT2D eigenvalue weighted by molar-refractivity contribution is -0.133. The monoisotopic (exact) mass is 383 g/mol. The fourth-order valence-corrected chi connectivity index (χ4v) is 2.93. The Labute approximate surface area is 162 Å². The molecule has 0 aliphatic heterocycles. The molecule has 1 aromatic carbocycles. The number of methoxy groups -OCH3 is 4. The van der Waals surface area contributed by atoms with Crippen molar-refractivity contribution in [1.82, 2.24) is 14.6 Å². The van der Waals surface area contributed by atoms with Crippen LogP contribution >= 0.6 is 0 Å². The van der Waals surface area contributed by atoms with Crippen molar-refractivity contribution in [3.8, 4) is 17.2 Å². The number of carbonyl (C=O) groups excluding carboxylic acids is 1. The molecular formula is C20H21N3O5. The molecule has 3 rings (SSSR count). The first-order valence-corrected chi connectivity index (χ1v) is 8.44. The first-order valence-electron chi connectivity index (χ1n) is 8.44. The lowest BCUT2D eigenvalue weighted by Crippen LogP contribution is -2.10. The van der Waals surface area contributed by atoms with Crippen molar-refractivity contribution in [1.29, 1.82) is 0 Å². The molecule has 2 heterocycles. The summed E-state index contributed by atoms with van der Waals surface area (Å²) in [4.78, 5) is 17.0. The molecule has 0 bridgehead atoms. The van der Waals surface area contributed by atoms with Crippen LogP contribution in [0.1, 0.15) is 17.0 Å². The molecule has 0 aliphatic rings. The van der Waals surface area contributed by atoms with Gasteiger partial charge in [0.2, 0.25) is 5.75 Å². The van der Waals surface area contributed by atoms with E-state index in [4.69, 9.17) is 18.9 Å². The minimum atomic E-state index is -0.504. The second-order valence-corrected chi connectivity index (χ2v) is 5.89. The highest BCUT2D eigenvalue weighted by atomic mass is 16.5. The molecule has 0 N–H and O–H groups in total. The SMILES string of the molecule is COC(=O)/C(=C/c1cc(OC)c(OC)c(OC)c1)c1cc(C)nc2ccnn12. The van der Waals surface area contributed by atoms with Gasteiger partial charge in [-0.3, -0.25) is 0 Å². The average Bonchev–Trinajstić information content (AvgIpc) is 3.18. The molecule has 0 fully saturated rings. The number of hydrogen-bond donors (Lipinski definition) is 0. The molecule has 0 aliphatic carbocycles. The summed E-state index contributed by atoms with van der Waals surface area (Å²) >= 11 is 0. The van der Waals surface area contributed by atoms with E-state index >= 15 is 0 Å². The third kappa shape index (κ3) is 3.48. The molecule has 0 atom stereocenters. The highest BCUT2D eigenvalue weighted by Gasteiger charge is 2.19. The van der Waals surface area contributed by atoms with Gasteiger partial charge in [0.15, 0.2) is 17.1 Å². The summed E-state index contributed by atoms with van der Waals surface area (Å²) < 4.78 is 22.7. The molecule has 0 radical (unpaired) electrons. The fraction of sp³-hybridized carbons (Fsp3) is 0.250. The van der Waals surface area contributed by atoms with Gasteiger partial charge in [0, 0.05) is 11.8 Å². The van der Waals surface area contributed by atoms with E-state index in [-0.39, 0.29) is 0 Å². The van der Waals surface area contributed by atoms with E-state index in [1.165, 1.54) is 28.4 Å². The Morgan fingerprint density at radius 3 is 2.29 bits per heavy atom. The van der Waals surface area contributed by atoms with E-state index in [0.29, 0.717) is 39.7 Å². The van der Waals surface area contributed by atoms with Gasteiger partial charge in [-0.05, 0) is 36.8 Å². The molecule has 28 heavy (non-hydrogen) atoms. The van der Waals surface area contributed by atoms with Crippen LogP contribution in [0.2, 0.25) is 0 Å². The molecule has 0 unspecified atom stereocenters. The van der Waals surface area contributed by atoms with Gasteiger partial charge in [-0.15, -0.1) is 0 Å². The van der Waals surface area contributed by atoms with Crippen molar-refractivity contribution < 1.29 is 23.7 Å². The summed E-state index contributed by atoms with van der Waals surface area (Å²) in [6.45, 7) is 1.85. The fourth-order valence-electron chi connectivity index (χ4n) is 2.93. The van der Waals surface area contributed by atoms with E-state index < -0.39 is 5.97 Å². The summed E-state index contributed by atoms with van der Waals surface area (Å²) in [5, 5.41) is 4.27. The molecule has 0 saturated carbocycles. The molecule has 146 valence electrons. The molecule has 0 saturated heterocycles. The maximum atomic E-state index is 12.6. The van der Waals surface area contributed by atoms with E-state index in [2.05, 4.69) is 10.1 Å². The Kier molecular flexibility index (Phi) is 5.49. The van der Waals surface area contributed by atoms with Gasteiger partial charge in [0.1, 0.15) is 0 Å². The molecular weight excluding hydrogens is 362 g/mol. The van der Waals surface area contributed by atoms with Crippen molar-refractivity contribution in [3.05, 3.63) is 47.4 Å². The van der Waals surface area contributed by atoms with Crippen LogP contribution in [0.4, 0.5) is 0 Å². The number of rotatable bonds is 6. The zero-order valence-corrected chi connectivity index (χ0v) is 16.3.